The van der Waals surface area contributed by atoms with Crippen LogP contribution in [0.4, 0.5) is 5.69 Å². The number of anilines is 1. The molecule has 0 aliphatic carbocycles. The van der Waals surface area contributed by atoms with Crippen LogP contribution in [0.3, 0.4) is 0 Å². The molecule has 1 aromatic heterocycles. The summed E-state index contributed by atoms with van der Waals surface area (Å²) in [6.07, 6.45) is 0. The molecule has 0 radical (unpaired) electrons. The van der Waals surface area contributed by atoms with Gasteiger partial charge < -0.3 is 10.1 Å². The summed E-state index contributed by atoms with van der Waals surface area (Å²) in [5.41, 5.74) is 2.47. The standard InChI is InChI=1S/C29H21N3O3/c33-28(30-22-16-18-24(19-17-22)35-23-14-8-3-9-15-23)26-25(20-10-4-1-5-11-20)27(31-32-29(26)34)21-12-6-2-7-13-21/h1-19H,(H,30,33)(H,32,34). The number of aromatic nitrogens is 2. The van der Waals surface area contributed by atoms with Crippen LogP contribution in [0.15, 0.2) is 120 Å². The third-order valence-corrected chi connectivity index (χ3v) is 5.41. The molecule has 0 unspecified atom stereocenters. The van der Waals surface area contributed by atoms with Gasteiger partial charge >= 0.3 is 0 Å². The van der Waals surface area contributed by atoms with Gasteiger partial charge in [-0.15, -0.1) is 0 Å². The number of ether oxygens (including phenoxy) is 1. The zero-order chi connectivity index (χ0) is 24.0. The monoisotopic (exact) mass is 459 g/mol. The summed E-state index contributed by atoms with van der Waals surface area (Å²) >= 11 is 0. The van der Waals surface area contributed by atoms with Crippen LogP contribution in [0, 0.1) is 0 Å². The number of aromatic amines is 1. The number of H-pyrrole nitrogens is 1. The lowest BCUT2D eigenvalue weighted by atomic mass is 9.95. The molecule has 0 aliphatic rings. The SMILES string of the molecule is O=C(Nc1ccc(Oc2ccccc2)cc1)c1c(-c2ccccc2)c(-c2ccccc2)n[nH]c1=O. The molecule has 0 fully saturated rings. The Labute approximate surface area is 201 Å². The number of hydrogen-bond donors (Lipinski definition) is 2. The van der Waals surface area contributed by atoms with Crippen molar-refractivity contribution in [3.8, 4) is 33.9 Å². The van der Waals surface area contributed by atoms with Crippen LogP contribution < -0.4 is 15.6 Å². The van der Waals surface area contributed by atoms with E-state index < -0.39 is 11.5 Å². The highest BCUT2D eigenvalue weighted by molar-refractivity contribution is 6.10. The fourth-order valence-electron chi connectivity index (χ4n) is 3.78. The number of rotatable bonds is 6. The number of benzene rings is 4. The Morgan fingerprint density at radius 2 is 1.23 bits per heavy atom. The third-order valence-electron chi connectivity index (χ3n) is 5.41. The van der Waals surface area contributed by atoms with E-state index in [2.05, 4.69) is 15.5 Å². The molecule has 1 heterocycles. The Morgan fingerprint density at radius 1 is 0.686 bits per heavy atom. The summed E-state index contributed by atoms with van der Waals surface area (Å²) in [6, 6.07) is 35.2. The molecule has 170 valence electrons. The summed E-state index contributed by atoms with van der Waals surface area (Å²) in [4.78, 5) is 26.3. The van der Waals surface area contributed by atoms with E-state index in [4.69, 9.17) is 4.74 Å². The molecule has 0 bridgehead atoms. The second-order valence-corrected chi connectivity index (χ2v) is 7.78. The molecule has 5 aromatic rings. The topological polar surface area (TPSA) is 84.1 Å². The van der Waals surface area contributed by atoms with Gasteiger partial charge in [0.05, 0.1) is 5.69 Å². The van der Waals surface area contributed by atoms with Crippen LogP contribution in [0.25, 0.3) is 22.4 Å². The highest BCUT2D eigenvalue weighted by atomic mass is 16.5. The summed E-state index contributed by atoms with van der Waals surface area (Å²) in [7, 11) is 0. The molecule has 1 amide bonds. The first-order valence-electron chi connectivity index (χ1n) is 11.1. The van der Waals surface area contributed by atoms with E-state index in [1.165, 1.54) is 0 Å². The van der Waals surface area contributed by atoms with E-state index >= 15 is 0 Å². The fourth-order valence-corrected chi connectivity index (χ4v) is 3.78. The van der Waals surface area contributed by atoms with Crippen molar-refractivity contribution < 1.29 is 9.53 Å². The molecule has 6 nitrogen and oxygen atoms in total. The van der Waals surface area contributed by atoms with Gasteiger partial charge in [0, 0.05) is 16.8 Å². The van der Waals surface area contributed by atoms with Gasteiger partial charge in [-0.1, -0.05) is 78.9 Å². The van der Waals surface area contributed by atoms with Gasteiger partial charge in [0.1, 0.15) is 17.1 Å². The predicted octanol–water partition coefficient (Wildman–Crippen LogP) is 6.15. The van der Waals surface area contributed by atoms with Gasteiger partial charge in [-0.05, 0) is 42.0 Å². The number of carbonyl (C=O) groups excluding carboxylic acids is 1. The van der Waals surface area contributed by atoms with Gasteiger partial charge in [0.25, 0.3) is 11.5 Å². The van der Waals surface area contributed by atoms with Gasteiger partial charge in [0.15, 0.2) is 0 Å². The minimum absolute atomic E-state index is 0.00494. The van der Waals surface area contributed by atoms with Crippen molar-refractivity contribution in [2.24, 2.45) is 0 Å². The van der Waals surface area contributed by atoms with Gasteiger partial charge in [-0.25, -0.2) is 5.10 Å². The van der Waals surface area contributed by atoms with E-state index in [1.807, 2.05) is 91.0 Å². The minimum atomic E-state index is -0.565. The maximum atomic E-state index is 13.4. The lowest BCUT2D eigenvalue weighted by Gasteiger charge is -2.14. The Balaban J connectivity index is 1.49. The van der Waals surface area contributed by atoms with Gasteiger partial charge in [-0.2, -0.15) is 5.10 Å². The zero-order valence-electron chi connectivity index (χ0n) is 18.6. The Morgan fingerprint density at radius 3 is 1.86 bits per heavy atom. The van der Waals surface area contributed by atoms with Crippen molar-refractivity contribution in [2.75, 3.05) is 5.32 Å². The molecule has 6 heteroatoms. The average Bonchev–Trinajstić information content (AvgIpc) is 2.91. The maximum absolute atomic E-state index is 13.4. The Hall–Kier alpha value is -4.97. The number of nitrogens with zero attached hydrogens (tertiary/aromatic N) is 1. The van der Waals surface area contributed by atoms with Crippen molar-refractivity contribution in [3.63, 3.8) is 0 Å². The van der Waals surface area contributed by atoms with E-state index in [0.29, 0.717) is 28.4 Å². The molecule has 0 saturated carbocycles. The minimum Gasteiger partial charge on any atom is -0.457 e. The van der Waals surface area contributed by atoms with Crippen molar-refractivity contribution in [1.29, 1.82) is 0 Å². The molecule has 35 heavy (non-hydrogen) atoms. The summed E-state index contributed by atoms with van der Waals surface area (Å²) in [6.45, 7) is 0. The van der Waals surface area contributed by atoms with Crippen LogP contribution in [-0.2, 0) is 0 Å². The molecular formula is C29H21N3O3. The van der Waals surface area contributed by atoms with Crippen molar-refractivity contribution >= 4 is 11.6 Å². The molecule has 0 atom stereocenters. The summed E-state index contributed by atoms with van der Waals surface area (Å²) < 4.78 is 5.81. The van der Waals surface area contributed by atoms with Crippen LogP contribution >= 0.6 is 0 Å². The number of amides is 1. The molecule has 2 N–H and O–H groups in total. The number of hydrogen-bond acceptors (Lipinski definition) is 4. The molecule has 0 aliphatic heterocycles. The second kappa shape index (κ2) is 9.89. The lowest BCUT2D eigenvalue weighted by Crippen LogP contribution is -2.26. The van der Waals surface area contributed by atoms with Crippen LogP contribution in [0.5, 0.6) is 11.5 Å². The Kier molecular flexibility index (Phi) is 6.17. The zero-order valence-corrected chi connectivity index (χ0v) is 18.6. The van der Waals surface area contributed by atoms with E-state index in [0.717, 1.165) is 11.1 Å². The van der Waals surface area contributed by atoms with Gasteiger partial charge in [-0.3, -0.25) is 9.59 Å². The molecule has 0 saturated heterocycles. The first-order valence-corrected chi connectivity index (χ1v) is 11.1. The number of nitrogens with one attached hydrogen (secondary N) is 2. The first kappa shape index (κ1) is 21.9. The largest absolute Gasteiger partial charge is 0.457 e. The third kappa shape index (κ3) is 4.86. The maximum Gasteiger partial charge on any atom is 0.277 e. The van der Waals surface area contributed by atoms with Crippen LogP contribution in [-0.4, -0.2) is 16.1 Å². The van der Waals surface area contributed by atoms with E-state index in [-0.39, 0.29) is 5.56 Å². The molecule has 0 spiro atoms. The fraction of sp³-hybridized carbons (Fsp3) is 0. The molecule has 4 aromatic carbocycles. The number of para-hydroxylation sites is 1. The van der Waals surface area contributed by atoms with Crippen molar-refractivity contribution in [2.45, 2.75) is 0 Å². The van der Waals surface area contributed by atoms with E-state index in [9.17, 15) is 9.59 Å². The highest BCUT2D eigenvalue weighted by Crippen LogP contribution is 2.32. The smallest absolute Gasteiger partial charge is 0.277 e. The quantitative estimate of drug-likeness (QED) is 0.319. The normalized spacial score (nSPS) is 10.5. The van der Waals surface area contributed by atoms with Crippen molar-refractivity contribution in [3.05, 3.63) is 131 Å². The summed E-state index contributed by atoms with van der Waals surface area (Å²) in [5, 5.41) is 9.62. The predicted molar refractivity (Wildman–Crippen MR) is 137 cm³/mol. The lowest BCUT2D eigenvalue weighted by molar-refractivity contribution is 0.102. The van der Waals surface area contributed by atoms with E-state index in [1.54, 1.807) is 24.3 Å². The summed E-state index contributed by atoms with van der Waals surface area (Å²) in [5.74, 6) is 0.822. The second-order valence-electron chi connectivity index (χ2n) is 7.78. The Bertz CT molecular complexity index is 1500. The average molecular weight is 460 g/mol. The highest BCUT2D eigenvalue weighted by Gasteiger charge is 2.23. The van der Waals surface area contributed by atoms with Gasteiger partial charge in [0.2, 0.25) is 0 Å². The van der Waals surface area contributed by atoms with Crippen LogP contribution in [0.1, 0.15) is 10.4 Å². The first-order chi connectivity index (χ1) is 17.2. The number of carbonyl (C=O) groups is 1. The van der Waals surface area contributed by atoms with Crippen LogP contribution in [0.2, 0.25) is 0 Å². The molecular weight excluding hydrogens is 438 g/mol. The molecule has 5 rings (SSSR count). The van der Waals surface area contributed by atoms with Crippen molar-refractivity contribution in [1.82, 2.24) is 10.2 Å².